The second-order valence-electron chi connectivity index (χ2n) is 7.20. The monoisotopic (exact) mass is 435 g/mol. The number of benzene rings is 3. The highest BCUT2D eigenvalue weighted by atomic mass is 32.2. The van der Waals surface area contributed by atoms with Gasteiger partial charge in [-0.1, -0.05) is 36.4 Å². The Morgan fingerprint density at radius 1 is 1.19 bits per heavy atom. The Morgan fingerprint density at radius 3 is 2.84 bits per heavy atom. The van der Waals surface area contributed by atoms with E-state index in [1.54, 1.807) is 13.0 Å². The summed E-state index contributed by atoms with van der Waals surface area (Å²) in [6, 6.07) is 20.1. The van der Waals surface area contributed by atoms with E-state index < -0.39 is 5.97 Å². The normalized spacial score (nSPS) is 14.8. The molecule has 0 amide bonds. The second kappa shape index (κ2) is 9.35. The van der Waals surface area contributed by atoms with Gasteiger partial charge in [-0.2, -0.15) is 0 Å². The summed E-state index contributed by atoms with van der Waals surface area (Å²) in [5.74, 6) is 0.669. The predicted octanol–water partition coefficient (Wildman–Crippen LogP) is 5.64. The first-order valence-electron chi connectivity index (χ1n) is 10.3. The average molecular weight is 436 g/mol. The van der Waals surface area contributed by atoms with Crippen LogP contribution in [0.3, 0.4) is 0 Å². The molecule has 3 aromatic rings. The maximum Gasteiger partial charge on any atom is 0.371 e. The molecule has 1 atom stereocenters. The van der Waals surface area contributed by atoms with Crippen LogP contribution in [0.1, 0.15) is 19.4 Å². The molecule has 0 aliphatic carbocycles. The lowest BCUT2D eigenvalue weighted by molar-refractivity contribution is -0.136. The summed E-state index contributed by atoms with van der Waals surface area (Å²) in [5.41, 5.74) is 2.00. The van der Waals surface area contributed by atoms with Gasteiger partial charge in [-0.15, -0.1) is 11.8 Å². The fourth-order valence-electron chi connectivity index (χ4n) is 3.78. The topological polar surface area (TPSA) is 59.0 Å². The molecule has 160 valence electrons. The molecule has 0 radical (unpaired) electrons. The van der Waals surface area contributed by atoms with Gasteiger partial charge in [-0.25, -0.2) is 4.79 Å². The number of thioether (sulfide) groups is 1. The van der Waals surface area contributed by atoms with Crippen LogP contribution in [0.4, 0.5) is 5.69 Å². The van der Waals surface area contributed by atoms with E-state index in [1.807, 2.05) is 48.2 Å². The Kier molecular flexibility index (Phi) is 6.37. The van der Waals surface area contributed by atoms with Crippen LogP contribution in [0.15, 0.2) is 71.3 Å². The van der Waals surface area contributed by atoms with Crippen molar-refractivity contribution in [2.24, 2.45) is 0 Å². The summed E-state index contributed by atoms with van der Waals surface area (Å²) in [7, 11) is 0. The van der Waals surface area contributed by atoms with Crippen molar-refractivity contribution in [3.63, 3.8) is 0 Å². The molecule has 1 aliphatic heterocycles. The van der Waals surface area contributed by atoms with E-state index >= 15 is 0 Å². The maximum absolute atomic E-state index is 11.4. The number of carboxylic acid groups (broad SMARTS) is 1. The van der Waals surface area contributed by atoms with E-state index in [4.69, 9.17) is 9.47 Å². The highest BCUT2D eigenvalue weighted by Crippen LogP contribution is 2.36. The minimum atomic E-state index is -1.08. The number of fused-ring (bicyclic) bond motifs is 2. The van der Waals surface area contributed by atoms with Gasteiger partial charge in [-0.3, -0.25) is 0 Å². The van der Waals surface area contributed by atoms with Gasteiger partial charge in [0.25, 0.3) is 0 Å². The molecule has 3 aromatic carbocycles. The molecule has 1 aliphatic rings. The molecule has 6 heteroatoms. The fraction of sp³-hybridized carbons (Fsp3) is 0.240. The minimum absolute atomic E-state index is 0.0643. The van der Waals surface area contributed by atoms with Crippen LogP contribution >= 0.6 is 11.8 Å². The fourth-order valence-corrected chi connectivity index (χ4v) is 4.79. The molecule has 5 nitrogen and oxygen atoms in total. The number of anilines is 1. The lowest BCUT2D eigenvalue weighted by Gasteiger charge is -2.35. The molecule has 0 bridgehead atoms. The molecule has 0 saturated heterocycles. The lowest BCUT2D eigenvalue weighted by Crippen LogP contribution is -2.40. The third-order valence-electron chi connectivity index (χ3n) is 5.19. The first-order chi connectivity index (χ1) is 15.1. The van der Waals surface area contributed by atoms with E-state index in [-0.39, 0.29) is 12.0 Å². The Bertz CT molecular complexity index is 1130. The van der Waals surface area contributed by atoms with E-state index in [0.29, 0.717) is 6.61 Å². The van der Waals surface area contributed by atoms with Gasteiger partial charge in [-0.05, 0) is 60.5 Å². The number of nitrogens with zero attached hydrogens (tertiary/aromatic N) is 1. The summed E-state index contributed by atoms with van der Waals surface area (Å²) in [6.45, 7) is 5.07. The zero-order valence-electron chi connectivity index (χ0n) is 17.6. The van der Waals surface area contributed by atoms with Crippen LogP contribution in [-0.2, 0) is 9.53 Å². The third-order valence-corrected chi connectivity index (χ3v) is 6.24. The van der Waals surface area contributed by atoms with Crippen molar-refractivity contribution in [1.29, 1.82) is 0 Å². The van der Waals surface area contributed by atoms with Crippen molar-refractivity contribution >= 4 is 40.3 Å². The first kappa shape index (κ1) is 21.1. The first-order valence-corrected chi connectivity index (χ1v) is 11.3. The largest absolute Gasteiger partial charge is 0.487 e. The molecule has 0 fully saturated rings. The number of carbonyl (C=O) groups is 1. The van der Waals surface area contributed by atoms with Crippen LogP contribution in [0.5, 0.6) is 5.75 Å². The van der Waals surface area contributed by atoms with Gasteiger partial charge in [0.2, 0.25) is 5.76 Å². The van der Waals surface area contributed by atoms with Gasteiger partial charge in [0, 0.05) is 17.2 Å². The number of ether oxygens (including phenoxy) is 2. The molecule has 0 aromatic heterocycles. The number of aliphatic carboxylic acids is 1. The zero-order chi connectivity index (χ0) is 21.8. The third kappa shape index (κ3) is 4.64. The highest BCUT2D eigenvalue weighted by Gasteiger charge is 2.22. The van der Waals surface area contributed by atoms with Crippen molar-refractivity contribution in [3.8, 4) is 5.75 Å². The molecule has 0 spiro atoms. The minimum Gasteiger partial charge on any atom is -0.487 e. The van der Waals surface area contributed by atoms with E-state index in [1.165, 1.54) is 10.6 Å². The van der Waals surface area contributed by atoms with Crippen molar-refractivity contribution in [2.75, 3.05) is 23.8 Å². The smallest absolute Gasteiger partial charge is 0.371 e. The molecule has 0 saturated carbocycles. The SMILES string of the molecule is CCO/C(=C\c1cccc2cc(OC(C)N3CCSc4ccccc43)ccc12)C(=O)O. The quantitative estimate of drug-likeness (QED) is 0.383. The summed E-state index contributed by atoms with van der Waals surface area (Å²) < 4.78 is 11.6. The summed E-state index contributed by atoms with van der Waals surface area (Å²) in [5, 5.41) is 11.3. The van der Waals surface area contributed by atoms with Gasteiger partial charge in [0.1, 0.15) is 5.75 Å². The van der Waals surface area contributed by atoms with Crippen molar-refractivity contribution in [2.45, 2.75) is 25.0 Å². The second-order valence-corrected chi connectivity index (χ2v) is 8.34. The van der Waals surface area contributed by atoms with Crippen LogP contribution in [0.2, 0.25) is 0 Å². The van der Waals surface area contributed by atoms with Crippen LogP contribution in [-0.4, -0.2) is 36.2 Å². The molecule has 1 unspecified atom stereocenters. The average Bonchev–Trinajstić information content (AvgIpc) is 2.78. The van der Waals surface area contributed by atoms with Crippen molar-refractivity contribution in [3.05, 3.63) is 72.0 Å². The predicted molar refractivity (Wildman–Crippen MR) is 126 cm³/mol. The lowest BCUT2D eigenvalue weighted by atomic mass is 10.0. The standard InChI is InChI=1S/C25H25NO4S/c1-3-29-23(25(27)28)16-19-8-6-7-18-15-20(11-12-21(18)19)30-17(2)26-13-14-31-24-10-5-4-9-22(24)26/h4-12,15-17H,3,13-14H2,1-2H3,(H,27,28)/b23-16-. The van der Waals surface area contributed by atoms with Gasteiger partial charge in [0.05, 0.1) is 12.3 Å². The molecule has 1 heterocycles. The Balaban J connectivity index is 1.59. The Labute approximate surface area is 186 Å². The highest BCUT2D eigenvalue weighted by molar-refractivity contribution is 7.99. The summed E-state index contributed by atoms with van der Waals surface area (Å²) in [4.78, 5) is 15.0. The van der Waals surface area contributed by atoms with E-state index in [0.717, 1.165) is 34.4 Å². The van der Waals surface area contributed by atoms with E-state index in [2.05, 4.69) is 36.1 Å². The number of hydrogen-bond acceptors (Lipinski definition) is 5. The van der Waals surface area contributed by atoms with Crippen molar-refractivity contribution in [1.82, 2.24) is 0 Å². The molecule has 31 heavy (non-hydrogen) atoms. The number of carboxylic acids is 1. The number of rotatable bonds is 7. The van der Waals surface area contributed by atoms with Crippen LogP contribution < -0.4 is 9.64 Å². The summed E-state index contributed by atoms with van der Waals surface area (Å²) in [6.07, 6.45) is 1.46. The molecule has 1 N–H and O–H groups in total. The van der Waals surface area contributed by atoms with Crippen molar-refractivity contribution < 1.29 is 19.4 Å². The molecular formula is C25H25NO4S. The zero-order valence-corrected chi connectivity index (χ0v) is 18.4. The van der Waals surface area contributed by atoms with Gasteiger partial charge >= 0.3 is 5.97 Å². The van der Waals surface area contributed by atoms with Crippen LogP contribution in [0, 0.1) is 0 Å². The summed E-state index contributed by atoms with van der Waals surface area (Å²) >= 11 is 1.88. The van der Waals surface area contributed by atoms with Crippen LogP contribution in [0.25, 0.3) is 16.8 Å². The Morgan fingerprint density at radius 2 is 2.03 bits per heavy atom. The van der Waals surface area contributed by atoms with E-state index in [9.17, 15) is 9.90 Å². The van der Waals surface area contributed by atoms with Gasteiger partial charge < -0.3 is 19.5 Å². The number of para-hydroxylation sites is 1. The maximum atomic E-state index is 11.4. The molecule has 4 rings (SSSR count). The number of hydrogen-bond donors (Lipinski definition) is 1. The van der Waals surface area contributed by atoms with Gasteiger partial charge in [0.15, 0.2) is 6.23 Å². The molecular weight excluding hydrogens is 410 g/mol. The Hall–Kier alpha value is -3.12.